The Hall–Kier alpha value is -1.99. The molecule has 0 aliphatic heterocycles. The fourth-order valence-electron chi connectivity index (χ4n) is 2.25. The summed E-state index contributed by atoms with van der Waals surface area (Å²) in [5.41, 5.74) is 3.20. The van der Waals surface area contributed by atoms with Crippen molar-refractivity contribution >= 4 is 17.3 Å². The van der Waals surface area contributed by atoms with Crippen LogP contribution in [0, 0.1) is 6.92 Å². The monoisotopic (exact) mass is 347 g/mol. The van der Waals surface area contributed by atoms with Crippen LogP contribution >= 0.6 is 11.3 Å². The van der Waals surface area contributed by atoms with Crippen molar-refractivity contribution in [2.75, 3.05) is 21.2 Å². The van der Waals surface area contributed by atoms with Crippen LogP contribution in [-0.4, -0.2) is 42.0 Å². The van der Waals surface area contributed by atoms with Crippen molar-refractivity contribution in [3.05, 3.63) is 45.7 Å². The molecule has 24 heavy (non-hydrogen) atoms. The fraction of sp³-hybridized carbons (Fsp3) is 0.471. The molecule has 2 aromatic heterocycles. The Balaban J connectivity index is 1.95. The second-order valence-electron chi connectivity index (χ2n) is 5.58. The standard InChI is InChI=1S/C17H25N5OS/c1-12-7-6-8-19-15(12)9-20-17(18-3)22(4)10-14-11-24-16(21-14)13(2)23-5/h6-8,11,13H,9-10H2,1-5H3,(H,18,20). The summed E-state index contributed by atoms with van der Waals surface area (Å²) in [5.74, 6) is 0.814. The molecule has 2 heterocycles. The Morgan fingerprint density at radius 3 is 2.96 bits per heavy atom. The van der Waals surface area contributed by atoms with Crippen LogP contribution in [0.3, 0.4) is 0 Å². The largest absolute Gasteiger partial charge is 0.375 e. The van der Waals surface area contributed by atoms with E-state index in [0.717, 1.165) is 22.4 Å². The van der Waals surface area contributed by atoms with E-state index < -0.39 is 0 Å². The first-order chi connectivity index (χ1) is 11.5. The average molecular weight is 347 g/mol. The average Bonchev–Trinajstić information content (AvgIpc) is 3.04. The van der Waals surface area contributed by atoms with Gasteiger partial charge in [-0.25, -0.2) is 4.98 Å². The maximum atomic E-state index is 5.31. The topological polar surface area (TPSA) is 62.6 Å². The number of methoxy groups -OCH3 is 1. The van der Waals surface area contributed by atoms with Gasteiger partial charge in [-0.2, -0.15) is 0 Å². The molecule has 0 saturated heterocycles. The van der Waals surface area contributed by atoms with Gasteiger partial charge in [0.2, 0.25) is 0 Å². The number of ether oxygens (including phenoxy) is 1. The highest BCUT2D eigenvalue weighted by Gasteiger charge is 2.13. The minimum absolute atomic E-state index is 0.0265. The van der Waals surface area contributed by atoms with E-state index in [2.05, 4.69) is 43.5 Å². The quantitative estimate of drug-likeness (QED) is 0.643. The smallest absolute Gasteiger partial charge is 0.194 e. The van der Waals surface area contributed by atoms with Crippen molar-refractivity contribution in [2.45, 2.75) is 33.0 Å². The van der Waals surface area contributed by atoms with E-state index in [4.69, 9.17) is 4.74 Å². The van der Waals surface area contributed by atoms with E-state index in [1.807, 2.05) is 26.2 Å². The van der Waals surface area contributed by atoms with Crippen LogP contribution in [0.4, 0.5) is 0 Å². The Morgan fingerprint density at radius 2 is 2.29 bits per heavy atom. The molecule has 0 amide bonds. The molecule has 6 nitrogen and oxygen atoms in total. The van der Waals surface area contributed by atoms with Crippen molar-refractivity contribution in [1.29, 1.82) is 0 Å². The van der Waals surface area contributed by atoms with Crippen LogP contribution in [0.5, 0.6) is 0 Å². The third-order valence-electron chi connectivity index (χ3n) is 3.78. The summed E-state index contributed by atoms with van der Waals surface area (Å²) in [6, 6.07) is 4.00. The molecule has 0 fully saturated rings. The minimum atomic E-state index is 0.0265. The Labute approximate surface area is 147 Å². The number of guanidine groups is 1. The molecule has 1 atom stereocenters. The van der Waals surface area contributed by atoms with Crippen molar-refractivity contribution in [2.24, 2.45) is 4.99 Å². The lowest BCUT2D eigenvalue weighted by Gasteiger charge is -2.21. The molecule has 0 bridgehead atoms. The van der Waals surface area contributed by atoms with Crippen molar-refractivity contribution in [3.8, 4) is 0 Å². The molecule has 7 heteroatoms. The van der Waals surface area contributed by atoms with Crippen LogP contribution in [0.2, 0.25) is 0 Å². The second-order valence-corrected chi connectivity index (χ2v) is 6.47. The van der Waals surface area contributed by atoms with Gasteiger partial charge in [0.25, 0.3) is 0 Å². The van der Waals surface area contributed by atoms with Gasteiger partial charge in [-0.1, -0.05) is 6.07 Å². The number of aryl methyl sites for hydroxylation is 1. The summed E-state index contributed by atoms with van der Waals surface area (Å²) >= 11 is 1.62. The maximum absolute atomic E-state index is 5.31. The van der Waals surface area contributed by atoms with Crippen molar-refractivity contribution in [3.63, 3.8) is 0 Å². The van der Waals surface area contributed by atoms with Crippen LogP contribution < -0.4 is 5.32 Å². The highest BCUT2D eigenvalue weighted by atomic mass is 32.1. The van der Waals surface area contributed by atoms with Crippen LogP contribution in [0.1, 0.15) is 35.0 Å². The number of thiazole rings is 1. The first-order valence-electron chi connectivity index (χ1n) is 7.84. The van der Waals surface area contributed by atoms with E-state index in [-0.39, 0.29) is 6.10 Å². The van der Waals surface area contributed by atoms with E-state index >= 15 is 0 Å². The third kappa shape index (κ3) is 4.75. The zero-order valence-corrected chi connectivity index (χ0v) is 15.7. The summed E-state index contributed by atoms with van der Waals surface area (Å²) in [6.45, 7) is 5.40. The molecule has 0 aliphatic carbocycles. The van der Waals surface area contributed by atoms with Gasteiger partial charge in [0.1, 0.15) is 11.1 Å². The van der Waals surface area contributed by atoms with Gasteiger partial charge >= 0.3 is 0 Å². The maximum Gasteiger partial charge on any atom is 0.194 e. The highest BCUT2D eigenvalue weighted by Crippen LogP contribution is 2.20. The molecule has 0 aliphatic rings. The Bertz CT molecular complexity index is 685. The van der Waals surface area contributed by atoms with Gasteiger partial charge in [0.05, 0.1) is 24.5 Å². The predicted octanol–water partition coefficient (Wildman–Crippen LogP) is 2.76. The van der Waals surface area contributed by atoms with E-state index in [0.29, 0.717) is 13.1 Å². The summed E-state index contributed by atoms with van der Waals surface area (Å²) < 4.78 is 5.31. The molecule has 0 radical (unpaired) electrons. The zero-order valence-electron chi connectivity index (χ0n) is 14.9. The molecule has 2 aromatic rings. The van der Waals surface area contributed by atoms with Crippen LogP contribution in [-0.2, 0) is 17.8 Å². The molecular weight excluding hydrogens is 322 g/mol. The summed E-state index contributed by atoms with van der Waals surface area (Å²) in [5, 5.41) is 6.41. The number of rotatable bonds is 6. The molecule has 1 unspecified atom stereocenters. The van der Waals surface area contributed by atoms with Gasteiger partial charge in [0.15, 0.2) is 5.96 Å². The number of hydrogen-bond acceptors (Lipinski definition) is 5. The molecule has 0 spiro atoms. The zero-order chi connectivity index (χ0) is 17.5. The van der Waals surface area contributed by atoms with Gasteiger partial charge < -0.3 is 15.0 Å². The number of nitrogens with zero attached hydrogens (tertiary/aromatic N) is 4. The first-order valence-corrected chi connectivity index (χ1v) is 8.72. The van der Waals surface area contributed by atoms with Gasteiger partial charge in [-0.15, -0.1) is 11.3 Å². The Morgan fingerprint density at radius 1 is 1.50 bits per heavy atom. The summed E-state index contributed by atoms with van der Waals surface area (Å²) in [4.78, 5) is 15.4. The lowest BCUT2D eigenvalue weighted by Crippen LogP contribution is -2.38. The van der Waals surface area contributed by atoms with Gasteiger partial charge in [-0.05, 0) is 25.5 Å². The van der Waals surface area contributed by atoms with Crippen molar-refractivity contribution in [1.82, 2.24) is 20.2 Å². The lowest BCUT2D eigenvalue weighted by molar-refractivity contribution is 0.119. The van der Waals surface area contributed by atoms with Crippen LogP contribution in [0.25, 0.3) is 0 Å². The Kier molecular flexibility index (Phi) is 6.69. The van der Waals surface area contributed by atoms with E-state index in [1.165, 1.54) is 5.56 Å². The lowest BCUT2D eigenvalue weighted by atomic mass is 10.2. The van der Waals surface area contributed by atoms with Gasteiger partial charge in [0, 0.05) is 32.8 Å². The number of nitrogens with one attached hydrogen (secondary N) is 1. The predicted molar refractivity (Wildman–Crippen MR) is 98.2 cm³/mol. The molecule has 0 aromatic carbocycles. The number of pyridine rings is 1. The summed E-state index contributed by atoms with van der Waals surface area (Å²) in [7, 11) is 5.48. The molecule has 1 N–H and O–H groups in total. The number of aromatic nitrogens is 2. The number of hydrogen-bond donors (Lipinski definition) is 1. The van der Waals surface area contributed by atoms with E-state index in [9.17, 15) is 0 Å². The summed E-state index contributed by atoms with van der Waals surface area (Å²) in [6.07, 6.45) is 1.84. The van der Waals surface area contributed by atoms with Crippen molar-refractivity contribution < 1.29 is 4.74 Å². The highest BCUT2D eigenvalue weighted by molar-refractivity contribution is 7.09. The third-order valence-corrected chi connectivity index (χ3v) is 4.83. The first kappa shape index (κ1) is 18.4. The second kappa shape index (κ2) is 8.75. The molecule has 0 saturated carbocycles. The normalized spacial score (nSPS) is 13.0. The molecular formula is C17H25N5OS. The minimum Gasteiger partial charge on any atom is -0.375 e. The number of aliphatic imine (C=N–C) groups is 1. The molecule has 130 valence electrons. The van der Waals surface area contributed by atoms with E-state index in [1.54, 1.807) is 25.5 Å². The van der Waals surface area contributed by atoms with Gasteiger partial charge in [-0.3, -0.25) is 9.98 Å². The SMILES string of the molecule is CN=C(NCc1ncccc1C)N(C)Cc1csc(C(C)OC)n1. The fourth-order valence-corrected chi connectivity index (χ4v) is 3.09. The molecule has 2 rings (SSSR count). The van der Waals surface area contributed by atoms with Crippen LogP contribution in [0.15, 0.2) is 28.7 Å².